The van der Waals surface area contributed by atoms with Gasteiger partial charge in [-0.25, -0.2) is 9.97 Å². The van der Waals surface area contributed by atoms with Gasteiger partial charge in [-0.1, -0.05) is 6.08 Å². The predicted molar refractivity (Wildman–Crippen MR) is 158 cm³/mol. The molecule has 1 fully saturated rings. The topological polar surface area (TPSA) is 122 Å². The summed E-state index contributed by atoms with van der Waals surface area (Å²) in [7, 11) is 3.28. The van der Waals surface area contributed by atoms with Gasteiger partial charge in [0.05, 0.1) is 52.4 Å². The number of carbonyl (C=O) groups is 1. The molecule has 1 saturated carbocycles. The van der Waals surface area contributed by atoms with Gasteiger partial charge in [-0.2, -0.15) is 0 Å². The third-order valence-corrected chi connectivity index (χ3v) is 7.47. The van der Waals surface area contributed by atoms with Gasteiger partial charge in [0, 0.05) is 30.1 Å². The first-order chi connectivity index (χ1) is 19.4. The van der Waals surface area contributed by atoms with Crippen LogP contribution in [-0.2, 0) is 20.8 Å². The van der Waals surface area contributed by atoms with E-state index in [9.17, 15) is 4.79 Å². The van der Waals surface area contributed by atoms with Crippen molar-refractivity contribution in [3.63, 3.8) is 0 Å². The van der Waals surface area contributed by atoms with Gasteiger partial charge in [0.25, 0.3) is 0 Å². The Bertz CT molecular complexity index is 1330. The summed E-state index contributed by atoms with van der Waals surface area (Å²) in [6.45, 7) is 3.54. The fraction of sp³-hybridized carbons (Fsp3) is 0.483. The second-order valence-corrected chi connectivity index (χ2v) is 10.4. The third-order valence-electron chi connectivity index (χ3n) is 6.92. The molecule has 10 nitrogen and oxygen atoms in total. The Morgan fingerprint density at radius 2 is 2.10 bits per heavy atom. The van der Waals surface area contributed by atoms with Crippen LogP contribution in [0.3, 0.4) is 0 Å². The predicted octanol–water partition coefficient (Wildman–Crippen LogP) is 5.09. The Hall–Kier alpha value is -3.15. The van der Waals surface area contributed by atoms with Gasteiger partial charge in [0.15, 0.2) is 5.82 Å². The third kappa shape index (κ3) is 7.32. The highest BCUT2D eigenvalue weighted by molar-refractivity contribution is 9.10. The highest BCUT2D eigenvalue weighted by Gasteiger charge is 2.29. The lowest BCUT2D eigenvalue weighted by molar-refractivity contribution is -0.144. The number of methoxy groups -OCH3 is 2. The van der Waals surface area contributed by atoms with E-state index in [1.165, 1.54) is 0 Å². The first kappa shape index (κ1) is 29.8. The summed E-state index contributed by atoms with van der Waals surface area (Å²) >= 11 is 3.70. The van der Waals surface area contributed by atoms with E-state index in [1.54, 1.807) is 21.1 Å². The molecular weight excluding hydrogens is 578 g/mol. The summed E-state index contributed by atoms with van der Waals surface area (Å²) in [5.41, 5.74) is 9.03. The number of hydrogen-bond donors (Lipinski definition) is 2. The molecule has 0 bridgehead atoms. The minimum absolute atomic E-state index is 0.184. The SMILES string of the molecule is CCOC(=O)CCOCC/C=C/c1cnc(NCc2ccc(OC)cc2OC)c2c(Br)nc([C@@H]3CC[C@@H](N)C3)n12. The number of benzene rings is 1. The smallest absolute Gasteiger partial charge is 0.308 e. The number of rotatable bonds is 14. The standard InChI is InChI=1S/C29H38BrN5O5/c1-4-40-25(36)12-14-39-13-6-5-7-22-18-33-28(32-17-20-9-11-23(37-2)16-24(20)38-3)26-27(30)34-29(35(22)26)19-8-10-21(31)15-19/h5,7,9,11,16,18-19,21H,4,6,8,10,12-15,17,31H2,1-3H3,(H,32,33)/b7-5+/t19-,21-/m1/s1. The number of imidazole rings is 1. The zero-order valence-corrected chi connectivity index (χ0v) is 24.9. The molecule has 1 aliphatic carbocycles. The molecule has 0 spiro atoms. The zero-order valence-electron chi connectivity index (χ0n) is 23.3. The summed E-state index contributed by atoms with van der Waals surface area (Å²) in [5.74, 6) is 3.19. The van der Waals surface area contributed by atoms with Crippen molar-refractivity contribution in [2.75, 3.05) is 39.4 Å². The molecule has 216 valence electrons. The maximum absolute atomic E-state index is 11.5. The monoisotopic (exact) mass is 615 g/mol. The van der Waals surface area contributed by atoms with Crippen molar-refractivity contribution in [1.82, 2.24) is 14.4 Å². The van der Waals surface area contributed by atoms with E-state index < -0.39 is 0 Å². The first-order valence-electron chi connectivity index (χ1n) is 13.6. The Morgan fingerprint density at radius 1 is 1.25 bits per heavy atom. The van der Waals surface area contributed by atoms with Crippen LogP contribution in [0.1, 0.15) is 62.0 Å². The van der Waals surface area contributed by atoms with E-state index in [1.807, 2.05) is 36.5 Å². The van der Waals surface area contributed by atoms with Crippen LogP contribution in [0.25, 0.3) is 11.6 Å². The molecule has 2 atom stereocenters. The normalized spacial score (nSPS) is 17.0. The molecule has 0 unspecified atom stereocenters. The number of hydrogen-bond acceptors (Lipinski definition) is 9. The van der Waals surface area contributed by atoms with Gasteiger partial charge in [0.2, 0.25) is 0 Å². The molecule has 0 saturated heterocycles. The highest BCUT2D eigenvalue weighted by Crippen LogP contribution is 2.37. The highest BCUT2D eigenvalue weighted by atomic mass is 79.9. The van der Waals surface area contributed by atoms with Crippen molar-refractivity contribution in [2.45, 2.75) is 57.5 Å². The number of fused-ring (bicyclic) bond motifs is 1. The number of esters is 1. The average molecular weight is 617 g/mol. The number of anilines is 1. The lowest BCUT2D eigenvalue weighted by Gasteiger charge is -2.15. The lowest BCUT2D eigenvalue weighted by atomic mass is 10.1. The minimum atomic E-state index is -0.240. The van der Waals surface area contributed by atoms with Crippen molar-refractivity contribution in [2.24, 2.45) is 5.73 Å². The molecule has 40 heavy (non-hydrogen) atoms. The van der Waals surface area contributed by atoms with Crippen molar-refractivity contribution in [3.05, 3.63) is 52.2 Å². The average Bonchev–Trinajstić information content (AvgIpc) is 3.55. The summed E-state index contributed by atoms with van der Waals surface area (Å²) < 4.78 is 24.3. The fourth-order valence-electron chi connectivity index (χ4n) is 4.92. The second-order valence-electron chi connectivity index (χ2n) is 9.64. The Morgan fingerprint density at radius 3 is 2.83 bits per heavy atom. The van der Waals surface area contributed by atoms with Crippen LogP contribution in [0, 0.1) is 0 Å². The van der Waals surface area contributed by atoms with Crippen LogP contribution in [0.4, 0.5) is 5.82 Å². The molecular formula is C29H38BrN5O5. The van der Waals surface area contributed by atoms with Gasteiger partial charge >= 0.3 is 5.97 Å². The van der Waals surface area contributed by atoms with Crippen LogP contribution in [0.2, 0.25) is 0 Å². The lowest BCUT2D eigenvalue weighted by Crippen LogP contribution is -2.15. The van der Waals surface area contributed by atoms with Gasteiger partial charge < -0.3 is 30.0 Å². The van der Waals surface area contributed by atoms with Crippen LogP contribution >= 0.6 is 15.9 Å². The molecule has 2 aromatic heterocycles. The number of nitrogens with two attached hydrogens (primary N) is 1. The summed E-state index contributed by atoms with van der Waals surface area (Å²) in [5, 5.41) is 3.48. The number of carbonyl (C=O) groups excluding carboxylic acids is 1. The Kier molecular flexibility index (Phi) is 10.8. The van der Waals surface area contributed by atoms with Gasteiger partial charge in [0.1, 0.15) is 27.4 Å². The number of nitrogens with one attached hydrogen (secondary N) is 1. The first-order valence-corrected chi connectivity index (χ1v) is 14.4. The van der Waals surface area contributed by atoms with Crippen LogP contribution in [0.15, 0.2) is 35.1 Å². The molecule has 11 heteroatoms. The van der Waals surface area contributed by atoms with E-state index in [4.69, 9.17) is 34.6 Å². The van der Waals surface area contributed by atoms with E-state index in [2.05, 4.69) is 25.6 Å². The van der Waals surface area contributed by atoms with E-state index in [0.29, 0.717) is 38.6 Å². The molecule has 0 amide bonds. The number of aromatic nitrogens is 3. The molecule has 2 heterocycles. The summed E-state index contributed by atoms with van der Waals surface area (Å²) in [6, 6.07) is 5.94. The minimum Gasteiger partial charge on any atom is -0.497 e. The molecule has 1 aromatic carbocycles. The fourth-order valence-corrected chi connectivity index (χ4v) is 5.47. The largest absolute Gasteiger partial charge is 0.497 e. The van der Waals surface area contributed by atoms with Crippen molar-refractivity contribution < 1.29 is 23.7 Å². The Balaban J connectivity index is 1.54. The van der Waals surface area contributed by atoms with Crippen LogP contribution < -0.4 is 20.5 Å². The van der Waals surface area contributed by atoms with Gasteiger partial charge in [-0.05, 0) is 66.7 Å². The maximum Gasteiger partial charge on any atom is 0.308 e. The molecule has 3 N–H and O–H groups in total. The Labute approximate surface area is 243 Å². The number of nitrogens with zero attached hydrogens (tertiary/aromatic N) is 3. The van der Waals surface area contributed by atoms with E-state index in [-0.39, 0.29) is 24.3 Å². The molecule has 1 aliphatic rings. The molecule has 0 aliphatic heterocycles. The molecule has 4 rings (SSSR count). The molecule has 0 radical (unpaired) electrons. The summed E-state index contributed by atoms with van der Waals surface area (Å²) in [6.07, 6.45) is 9.78. The van der Waals surface area contributed by atoms with Crippen LogP contribution in [-0.4, -0.2) is 60.4 Å². The van der Waals surface area contributed by atoms with Crippen molar-refractivity contribution >= 4 is 39.3 Å². The second kappa shape index (κ2) is 14.5. The molecule has 3 aromatic rings. The van der Waals surface area contributed by atoms with E-state index in [0.717, 1.165) is 58.0 Å². The van der Waals surface area contributed by atoms with Gasteiger partial charge in [-0.3, -0.25) is 9.20 Å². The number of ether oxygens (including phenoxy) is 4. The van der Waals surface area contributed by atoms with Gasteiger partial charge in [-0.15, -0.1) is 0 Å². The van der Waals surface area contributed by atoms with Crippen molar-refractivity contribution in [3.8, 4) is 11.5 Å². The summed E-state index contributed by atoms with van der Waals surface area (Å²) in [4.78, 5) is 21.2. The van der Waals surface area contributed by atoms with Crippen molar-refractivity contribution in [1.29, 1.82) is 0 Å². The quantitative estimate of drug-likeness (QED) is 0.188. The maximum atomic E-state index is 11.5. The zero-order chi connectivity index (χ0) is 28.5. The number of halogens is 1. The van der Waals surface area contributed by atoms with E-state index >= 15 is 0 Å². The van der Waals surface area contributed by atoms with Crippen LogP contribution in [0.5, 0.6) is 11.5 Å².